The van der Waals surface area contributed by atoms with Gasteiger partial charge in [0.2, 0.25) is 5.95 Å². The van der Waals surface area contributed by atoms with E-state index in [0.717, 1.165) is 40.5 Å². The predicted molar refractivity (Wildman–Crippen MR) is 99.0 cm³/mol. The topological polar surface area (TPSA) is 77.2 Å². The van der Waals surface area contributed by atoms with Crippen molar-refractivity contribution in [1.29, 1.82) is 0 Å². The normalized spacial score (nSPS) is 19.6. The van der Waals surface area contributed by atoms with E-state index in [1.54, 1.807) is 19.5 Å². The second-order valence-electron chi connectivity index (χ2n) is 6.57. The van der Waals surface area contributed by atoms with E-state index in [4.69, 9.17) is 4.74 Å². The number of ether oxygens (including phenoxy) is 1. The van der Waals surface area contributed by atoms with E-state index in [1.807, 2.05) is 29.0 Å². The third kappa shape index (κ3) is 2.57. The molecule has 7 nitrogen and oxygen atoms in total. The summed E-state index contributed by atoms with van der Waals surface area (Å²) in [5.41, 5.74) is 4.87. The summed E-state index contributed by atoms with van der Waals surface area (Å²) in [5.74, 6) is 0.642. The number of fused-ring (bicyclic) bond motifs is 2. The molecule has 4 aromatic rings. The number of rotatable bonds is 4. The summed E-state index contributed by atoms with van der Waals surface area (Å²) in [5, 5.41) is 7.95. The smallest absolute Gasteiger partial charge is 0.241 e. The van der Waals surface area contributed by atoms with Gasteiger partial charge in [0.15, 0.2) is 0 Å². The van der Waals surface area contributed by atoms with Crippen LogP contribution in [0.1, 0.15) is 12.8 Å². The number of hydrogen-bond donors (Lipinski definition) is 1. The van der Waals surface area contributed by atoms with Crippen LogP contribution in [-0.4, -0.2) is 43.8 Å². The van der Waals surface area contributed by atoms with Gasteiger partial charge in [-0.25, -0.2) is 9.50 Å². The standard InChI is InChI=1S/C19H18N6O/c1-26-14-9-13(10-14)23-19-22-11-18-15(4-7-25(18)24-19)12-2-3-16-17(8-12)21-6-5-20-16/h2-8,11,13-14H,9-10H2,1H3,(H,23,24). The Hall–Kier alpha value is -3.06. The van der Waals surface area contributed by atoms with Crippen LogP contribution in [0.25, 0.3) is 27.7 Å². The molecule has 26 heavy (non-hydrogen) atoms. The average molecular weight is 346 g/mol. The summed E-state index contributed by atoms with van der Waals surface area (Å²) in [6.45, 7) is 0. The van der Waals surface area contributed by atoms with Gasteiger partial charge < -0.3 is 10.1 Å². The highest BCUT2D eigenvalue weighted by Gasteiger charge is 2.29. The van der Waals surface area contributed by atoms with Crippen molar-refractivity contribution in [3.63, 3.8) is 0 Å². The van der Waals surface area contributed by atoms with E-state index in [0.29, 0.717) is 18.1 Å². The van der Waals surface area contributed by atoms with Gasteiger partial charge in [-0.3, -0.25) is 9.97 Å². The fourth-order valence-electron chi connectivity index (χ4n) is 3.40. The van der Waals surface area contributed by atoms with Crippen LogP contribution in [0.2, 0.25) is 0 Å². The number of methoxy groups -OCH3 is 1. The van der Waals surface area contributed by atoms with Gasteiger partial charge in [0.1, 0.15) is 0 Å². The molecule has 3 heterocycles. The van der Waals surface area contributed by atoms with E-state index >= 15 is 0 Å². The molecule has 0 aliphatic heterocycles. The maximum atomic E-state index is 5.31. The predicted octanol–water partition coefficient (Wildman–Crippen LogP) is 2.93. The molecule has 5 rings (SSSR count). The van der Waals surface area contributed by atoms with Crippen LogP contribution < -0.4 is 5.32 Å². The zero-order valence-electron chi connectivity index (χ0n) is 14.3. The second kappa shape index (κ2) is 6.03. The van der Waals surface area contributed by atoms with Crippen molar-refractivity contribution >= 4 is 22.5 Å². The molecule has 7 heteroatoms. The fraction of sp³-hybridized carbons (Fsp3) is 0.263. The number of anilines is 1. The van der Waals surface area contributed by atoms with Gasteiger partial charge in [-0.15, -0.1) is 5.10 Å². The second-order valence-corrected chi connectivity index (χ2v) is 6.57. The first-order valence-corrected chi connectivity index (χ1v) is 8.65. The summed E-state index contributed by atoms with van der Waals surface area (Å²) in [6, 6.07) is 8.52. The molecule has 1 aliphatic carbocycles. The van der Waals surface area contributed by atoms with Crippen LogP contribution in [0, 0.1) is 0 Å². The van der Waals surface area contributed by atoms with Gasteiger partial charge in [0.25, 0.3) is 0 Å². The van der Waals surface area contributed by atoms with Crippen molar-refractivity contribution in [3.05, 3.63) is 49.1 Å². The minimum atomic E-state index is 0.352. The maximum Gasteiger partial charge on any atom is 0.241 e. The molecule has 3 aromatic heterocycles. The molecule has 1 fully saturated rings. The first kappa shape index (κ1) is 15.2. The van der Waals surface area contributed by atoms with E-state index in [1.165, 1.54) is 0 Å². The zero-order valence-corrected chi connectivity index (χ0v) is 14.3. The molecular formula is C19H18N6O. The minimum absolute atomic E-state index is 0.352. The van der Waals surface area contributed by atoms with Gasteiger partial charge in [-0.1, -0.05) is 6.07 Å². The van der Waals surface area contributed by atoms with E-state index in [2.05, 4.69) is 37.5 Å². The lowest BCUT2D eigenvalue weighted by atomic mass is 9.89. The van der Waals surface area contributed by atoms with Gasteiger partial charge >= 0.3 is 0 Å². The van der Waals surface area contributed by atoms with E-state index in [-0.39, 0.29) is 0 Å². The van der Waals surface area contributed by atoms with Crippen LogP contribution in [0.4, 0.5) is 5.95 Å². The molecule has 0 unspecified atom stereocenters. The summed E-state index contributed by atoms with van der Waals surface area (Å²) in [6.07, 6.45) is 9.56. The van der Waals surface area contributed by atoms with Crippen LogP contribution in [0.5, 0.6) is 0 Å². The molecule has 1 saturated carbocycles. The van der Waals surface area contributed by atoms with Crippen molar-refractivity contribution in [2.75, 3.05) is 12.4 Å². The molecule has 1 aliphatic rings. The lowest BCUT2D eigenvalue weighted by molar-refractivity contribution is 0.0326. The summed E-state index contributed by atoms with van der Waals surface area (Å²) >= 11 is 0. The first-order chi connectivity index (χ1) is 12.8. The molecule has 0 bridgehead atoms. The highest BCUT2D eigenvalue weighted by molar-refractivity contribution is 5.86. The third-order valence-corrected chi connectivity index (χ3v) is 4.96. The number of benzene rings is 1. The summed E-state index contributed by atoms with van der Waals surface area (Å²) in [7, 11) is 1.75. The van der Waals surface area contributed by atoms with Crippen LogP contribution in [-0.2, 0) is 4.74 Å². The molecule has 130 valence electrons. The highest BCUT2D eigenvalue weighted by Crippen LogP contribution is 2.28. The zero-order chi connectivity index (χ0) is 17.5. The molecule has 0 amide bonds. The van der Waals surface area contributed by atoms with Crippen LogP contribution in [0.15, 0.2) is 49.1 Å². The quantitative estimate of drug-likeness (QED) is 0.612. The Morgan fingerprint density at radius 2 is 1.92 bits per heavy atom. The Morgan fingerprint density at radius 1 is 1.08 bits per heavy atom. The molecule has 1 aromatic carbocycles. The number of nitrogens with zero attached hydrogens (tertiary/aromatic N) is 5. The molecule has 0 saturated heterocycles. The van der Waals surface area contributed by atoms with Crippen molar-refractivity contribution < 1.29 is 4.74 Å². The molecule has 0 atom stereocenters. The third-order valence-electron chi connectivity index (χ3n) is 4.96. The Bertz CT molecular complexity index is 1090. The number of hydrogen-bond acceptors (Lipinski definition) is 6. The maximum absolute atomic E-state index is 5.31. The highest BCUT2D eigenvalue weighted by atomic mass is 16.5. The lowest BCUT2D eigenvalue weighted by Crippen LogP contribution is -2.40. The van der Waals surface area contributed by atoms with E-state index in [9.17, 15) is 0 Å². The first-order valence-electron chi connectivity index (χ1n) is 8.65. The Morgan fingerprint density at radius 3 is 2.77 bits per heavy atom. The summed E-state index contributed by atoms with van der Waals surface area (Å²) in [4.78, 5) is 13.2. The van der Waals surface area contributed by atoms with Gasteiger partial charge in [-0.05, 0) is 36.6 Å². The number of aromatic nitrogens is 5. The molecule has 0 radical (unpaired) electrons. The Labute approximate surface area is 150 Å². The lowest BCUT2D eigenvalue weighted by Gasteiger charge is -2.34. The van der Waals surface area contributed by atoms with Crippen LogP contribution in [0.3, 0.4) is 0 Å². The van der Waals surface area contributed by atoms with Gasteiger partial charge in [0, 0.05) is 37.3 Å². The van der Waals surface area contributed by atoms with Crippen molar-refractivity contribution in [2.45, 2.75) is 25.0 Å². The SMILES string of the molecule is COC1CC(Nc2ncc3c(-c4ccc5nccnc5c4)ccn3n2)C1. The monoisotopic (exact) mass is 346 g/mol. The average Bonchev–Trinajstić information content (AvgIpc) is 3.07. The minimum Gasteiger partial charge on any atom is -0.381 e. The van der Waals surface area contributed by atoms with Gasteiger partial charge in [-0.2, -0.15) is 0 Å². The Balaban J connectivity index is 1.45. The van der Waals surface area contributed by atoms with Crippen molar-refractivity contribution in [2.24, 2.45) is 0 Å². The van der Waals surface area contributed by atoms with Crippen LogP contribution >= 0.6 is 0 Å². The number of nitrogens with one attached hydrogen (secondary N) is 1. The van der Waals surface area contributed by atoms with Crippen molar-refractivity contribution in [1.82, 2.24) is 24.6 Å². The largest absolute Gasteiger partial charge is 0.381 e. The van der Waals surface area contributed by atoms with Crippen molar-refractivity contribution in [3.8, 4) is 11.1 Å². The molecule has 1 N–H and O–H groups in total. The molecule has 0 spiro atoms. The summed E-state index contributed by atoms with van der Waals surface area (Å²) < 4.78 is 7.17. The molecular weight excluding hydrogens is 328 g/mol. The Kier molecular flexibility index (Phi) is 3.53. The van der Waals surface area contributed by atoms with Gasteiger partial charge in [0.05, 0.1) is 28.9 Å². The van der Waals surface area contributed by atoms with E-state index < -0.39 is 0 Å². The fourth-order valence-corrected chi connectivity index (χ4v) is 3.40.